The summed E-state index contributed by atoms with van der Waals surface area (Å²) in [7, 11) is 0.998. The van der Waals surface area contributed by atoms with Crippen molar-refractivity contribution in [2.75, 3.05) is 7.11 Å². The summed E-state index contributed by atoms with van der Waals surface area (Å²) < 4.78 is 67.7. The lowest BCUT2D eigenvalue weighted by Gasteiger charge is -2.16. The zero-order valence-corrected chi connectivity index (χ0v) is 10.0. The number of esters is 1. The van der Waals surface area contributed by atoms with Crippen molar-refractivity contribution in [3.63, 3.8) is 0 Å². The van der Waals surface area contributed by atoms with Gasteiger partial charge in [-0.3, -0.25) is 9.78 Å². The first-order valence-corrected chi connectivity index (χ1v) is 5.09. The van der Waals surface area contributed by atoms with Gasteiger partial charge in [0.1, 0.15) is 5.69 Å². The van der Waals surface area contributed by atoms with Crippen LogP contribution in [-0.4, -0.2) is 18.1 Å². The standard InChI is InChI=1S/C11H10F5NO2/c1-5-9(11(14,15)16)6(4-8(18)19-2)3-7(17-5)10(12)13/h3,10H,4H2,1-2H3. The maximum Gasteiger partial charge on any atom is 0.418 e. The summed E-state index contributed by atoms with van der Waals surface area (Å²) in [6, 6.07) is 0.581. The van der Waals surface area contributed by atoms with Crippen molar-refractivity contribution in [2.24, 2.45) is 0 Å². The molecule has 0 fully saturated rings. The molecule has 1 aromatic heterocycles. The second kappa shape index (κ2) is 5.50. The first kappa shape index (κ1) is 15.3. The topological polar surface area (TPSA) is 39.2 Å². The Bertz CT molecular complexity index is 485. The van der Waals surface area contributed by atoms with Crippen LogP contribution in [0.4, 0.5) is 22.0 Å². The molecule has 1 rings (SSSR count). The number of halogens is 5. The Hall–Kier alpha value is -1.73. The Kier molecular flexibility index (Phi) is 4.43. The summed E-state index contributed by atoms with van der Waals surface area (Å²) in [5.74, 6) is -0.948. The number of ether oxygens (including phenoxy) is 1. The number of nitrogens with zero attached hydrogens (tertiary/aromatic N) is 1. The summed E-state index contributed by atoms with van der Waals surface area (Å²) in [4.78, 5) is 14.3. The van der Waals surface area contributed by atoms with E-state index in [1.807, 2.05) is 0 Å². The van der Waals surface area contributed by atoms with E-state index in [0.717, 1.165) is 14.0 Å². The van der Waals surface area contributed by atoms with Crippen LogP contribution in [0.1, 0.15) is 28.9 Å². The van der Waals surface area contributed by atoms with Crippen molar-refractivity contribution in [3.8, 4) is 0 Å². The quantitative estimate of drug-likeness (QED) is 0.632. The molecule has 0 aliphatic rings. The summed E-state index contributed by atoms with van der Waals surface area (Å²) in [6.07, 6.45) is -8.53. The molecule has 0 saturated heterocycles. The number of aryl methyl sites for hydroxylation is 1. The van der Waals surface area contributed by atoms with Gasteiger partial charge in [-0.25, -0.2) is 8.78 Å². The van der Waals surface area contributed by atoms with Gasteiger partial charge in [0.25, 0.3) is 6.43 Å². The molecule has 3 nitrogen and oxygen atoms in total. The third-order valence-corrected chi connectivity index (χ3v) is 2.37. The molecule has 0 atom stereocenters. The van der Waals surface area contributed by atoms with Crippen molar-refractivity contribution in [2.45, 2.75) is 25.9 Å². The highest BCUT2D eigenvalue weighted by Gasteiger charge is 2.37. The van der Waals surface area contributed by atoms with Crippen LogP contribution in [0, 0.1) is 6.92 Å². The number of hydrogen-bond donors (Lipinski definition) is 0. The predicted molar refractivity (Wildman–Crippen MR) is 54.7 cm³/mol. The fourth-order valence-electron chi connectivity index (χ4n) is 1.63. The van der Waals surface area contributed by atoms with Gasteiger partial charge in [0, 0.05) is 0 Å². The Labute approximate surface area is 105 Å². The molecular formula is C11H10F5NO2. The number of methoxy groups -OCH3 is 1. The minimum absolute atomic E-state index is 0.567. The second-order valence-corrected chi connectivity index (χ2v) is 3.72. The van der Waals surface area contributed by atoms with E-state index in [-0.39, 0.29) is 0 Å². The molecule has 0 amide bonds. The highest BCUT2D eigenvalue weighted by Crippen LogP contribution is 2.35. The number of pyridine rings is 1. The highest BCUT2D eigenvalue weighted by atomic mass is 19.4. The molecule has 0 spiro atoms. The molecule has 0 aliphatic heterocycles. The fourth-order valence-corrected chi connectivity index (χ4v) is 1.63. The number of carbonyl (C=O) groups is 1. The number of hydrogen-bond acceptors (Lipinski definition) is 3. The van der Waals surface area contributed by atoms with Gasteiger partial charge in [0.05, 0.1) is 24.8 Å². The average Bonchev–Trinajstić information content (AvgIpc) is 2.25. The average molecular weight is 283 g/mol. The molecule has 19 heavy (non-hydrogen) atoms. The highest BCUT2D eigenvalue weighted by molar-refractivity contribution is 5.73. The molecule has 0 N–H and O–H groups in total. The maximum absolute atomic E-state index is 12.8. The van der Waals surface area contributed by atoms with E-state index in [1.165, 1.54) is 0 Å². The first-order valence-electron chi connectivity index (χ1n) is 5.09. The number of alkyl halides is 5. The zero-order valence-electron chi connectivity index (χ0n) is 10.0. The van der Waals surface area contributed by atoms with Gasteiger partial charge >= 0.3 is 12.1 Å². The van der Waals surface area contributed by atoms with Crippen molar-refractivity contribution in [3.05, 3.63) is 28.6 Å². The van der Waals surface area contributed by atoms with Gasteiger partial charge in [-0.1, -0.05) is 0 Å². The van der Waals surface area contributed by atoms with Crippen LogP contribution in [-0.2, 0) is 22.1 Å². The fraction of sp³-hybridized carbons (Fsp3) is 0.455. The molecule has 0 bridgehead atoms. The monoisotopic (exact) mass is 283 g/mol. The van der Waals surface area contributed by atoms with E-state index >= 15 is 0 Å². The van der Waals surface area contributed by atoms with Gasteiger partial charge < -0.3 is 4.74 Å². The summed E-state index contributed by atoms with van der Waals surface area (Å²) in [6.45, 7) is 0.968. The lowest BCUT2D eigenvalue weighted by atomic mass is 10.0. The minimum atomic E-state index is -4.78. The lowest BCUT2D eigenvalue weighted by Crippen LogP contribution is -2.17. The first-order chi connectivity index (χ1) is 8.66. The SMILES string of the molecule is COC(=O)Cc1cc(C(F)F)nc(C)c1C(F)(F)F. The van der Waals surface area contributed by atoms with Crippen LogP contribution in [0.2, 0.25) is 0 Å². The summed E-state index contributed by atoms with van der Waals surface area (Å²) >= 11 is 0. The summed E-state index contributed by atoms with van der Waals surface area (Å²) in [5.41, 5.74) is -3.14. The molecule has 0 saturated carbocycles. The van der Waals surface area contributed by atoms with E-state index in [4.69, 9.17) is 0 Å². The van der Waals surface area contributed by atoms with Crippen molar-refractivity contribution < 1.29 is 31.5 Å². The van der Waals surface area contributed by atoms with E-state index < -0.39 is 47.5 Å². The van der Waals surface area contributed by atoms with Gasteiger partial charge in [-0.05, 0) is 18.6 Å². The minimum Gasteiger partial charge on any atom is -0.469 e. The molecule has 106 valence electrons. The summed E-state index contributed by atoms with van der Waals surface area (Å²) in [5, 5.41) is 0. The normalized spacial score (nSPS) is 11.8. The Balaban J connectivity index is 3.40. The Morgan fingerprint density at radius 1 is 1.42 bits per heavy atom. The van der Waals surface area contributed by atoms with Gasteiger partial charge in [0.2, 0.25) is 0 Å². The molecule has 1 heterocycles. The smallest absolute Gasteiger partial charge is 0.418 e. The van der Waals surface area contributed by atoms with E-state index in [0.29, 0.717) is 6.07 Å². The van der Waals surface area contributed by atoms with Crippen LogP contribution >= 0.6 is 0 Å². The van der Waals surface area contributed by atoms with Crippen LogP contribution in [0.25, 0.3) is 0 Å². The third-order valence-electron chi connectivity index (χ3n) is 2.37. The zero-order chi connectivity index (χ0) is 14.8. The van der Waals surface area contributed by atoms with Crippen LogP contribution in [0.3, 0.4) is 0 Å². The Morgan fingerprint density at radius 3 is 2.42 bits per heavy atom. The number of aromatic nitrogens is 1. The van der Waals surface area contributed by atoms with Crippen LogP contribution in [0.5, 0.6) is 0 Å². The van der Waals surface area contributed by atoms with Gasteiger partial charge in [-0.2, -0.15) is 13.2 Å². The van der Waals surface area contributed by atoms with Crippen molar-refractivity contribution in [1.29, 1.82) is 0 Å². The molecule has 8 heteroatoms. The molecule has 0 aliphatic carbocycles. The predicted octanol–water partition coefficient (Wildman–Crippen LogP) is 3.06. The maximum atomic E-state index is 12.8. The van der Waals surface area contributed by atoms with Crippen LogP contribution < -0.4 is 0 Å². The molecule has 0 radical (unpaired) electrons. The van der Waals surface area contributed by atoms with E-state index in [1.54, 1.807) is 0 Å². The van der Waals surface area contributed by atoms with Crippen molar-refractivity contribution >= 4 is 5.97 Å². The molecule has 0 unspecified atom stereocenters. The van der Waals surface area contributed by atoms with E-state index in [2.05, 4.69) is 9.72 Å². The Morgan fingerprint density at radius 2 is 2.00 bits per heavy atom. The van der Waals surface area contributed by atoms with Crippen molar-refractivity contribution in [1.82, 2.24) is 4.98 Å². The largest absolute Gasteiger partial charge is 0.469 e. The number of rotatable bonds is 3. The second-order valence-electron chi connectivity index (χ2n) is 3.72. The third kappa shape index (κ3) is 3.62. The molecular weight excluding hydrogens is 273 g/mol. The van der Waals surface area contributed by atoms with E-state index in [9.17, 15) is 26.7 Å². The van der Waals surface area contributed by atoms with Crippen LogP contribution in [0.15, 0.2) is 6.07 Å². The molecule has 0 aromatic carbocycles. The number of carbonyl (C=O) groups excluding carboxylic acids is 1. The van der Waals surface area contributed by atoms with Gasteiger partial charge in [-0.15, -0.1) is 0 Å². The van der Waals surface area contributed by atoms with Gasteiger partial charge in [0.15, 0.2) is 0 Å². The lowest BCUT2D eigenvalue weighted by molar-refractivity contribution is -0.141. The molecule has 1 aromatic rings.